The highest BCUT2D eigenvalue weighted by atomic mass is 16.5. The van der Waals surface area contributed by atoms with Gasteiger partial charge >= 0.3 is 0 Å². The molecule has 0 unspecified atom stereocenters. The highest BCUT2D eigenvalue weighted by molar-refractivity contribution is 5.27. The third kappa shape index (κ3) is 3.52. The lowest BCUT2D eigenvalue weighted by Crippen LogP contribution is -2.54. The van der Waals surface area contributed by atoms with Gasteiger partial charge in [-0.15, -0.1) is 0 Å². The number of fused-ring (bicyclic) bond motifs is 1. The maximum absolute atomic E-state index is 9.97. The molecule has 5 nitrogen and oxygen atoms in total. The highest BCUT2D eigenvalue weighted by Gasteiger charge is 2.38. The molecule has 0 spiro atoms. The lowest BCUT2D eigenvalue weighted by Gasteiger charge is -2.42. The highest BCUT2D eigenvalue weighted by Crippen LogP contribution is 2.28. The van der Waals surface area contributed by atoms with Crippen molar-refractivity contribution in [3.8, 4) is 0 Å². The van der Waals surface area contributed by atoms with Crippen LogP contribution in [0.25, 0.3) is 0 Å². The van der Waals surface area contributed by atoms with Crippen molar-refractivity contribution in [3.05, 3.63) is 23.0 Å². The molecule has 3 aliphatic rings. The molecule has 0 saturated carbocycles. The van der Waals surface area contributed by atoms with Crippen LogP contribution >= 0.6 is 0 Å². The number of ether oxygens (including phenoxy) is 1. The molecule has 0 bridgehead atoms. The SMILES string of the molecule is Cc1cc(CN2C[C@@H]3C[C@@H](O)CN3C[C@H]2C)c(C)n1C[C@H]1CCCO1. The van der Waals surface area contributed by atoms with Crippen molar-refractivity contribution < 1.29 is 9.84 Å². The summed E-state index contributed by atoms with van der Waals surface area (Å²) in [5.74, 6) is 0. The van der Waals surface area contributed by atoms with Crippen molar-refractivity contribution in [3.63, 3.8) is 0 Å². The van der Waals surface area contributed by atoms with Crippen LogP contribution in [0.15, 0.2) is 6.07 Å². The zero-order valence-corrected chi connectivity index (χ0v) is 15.9. The van der Waals surface area contributed by atoms with E-state index in [0.717, 1.165) is 45.8 Å². The molecule has 3 fully saturated rings. The van der Waals surface area contributed by atoms with Crippen LogP contribution in [0.4, 0.5) is 0 Å². The minimum absolute atomic E-state index is 0.131. The molecule has 25 heavy (non-hydrogen) atoms. The molecule has 0 amide bonds. The summed E-state index contributed by atoms with van der Waals surface area (Å²) in [4.78, 5) is 5.09. The predicted molar refractivity (Wildman–Crippen MR) is 98.7 cm³/mol. The molecule has 0 aromatic carbocycles. The summed E-state index contributed by atoms with van der Waals surface area (Å²) in [6.45, 7) is 12.8. The van der Waals surface area contributed by atoms with E-state index in [1.165, 1.54) is 29.8 Å². The lowest BCUT2D eigenvalue weighted by atomic mass is 10.1. The number of piperazine rings is 1. The summed E-state index contributed by atoms with van der Waals surface area (Å²) < 4.78 is 8.29. The molecule has 1 N–H and O–H groups in total. The lowest BCUT2D eigenvalue weighted by molar-refractivity contribution is 0.0526. The van der Waals surface area contributed by atoms with Gasteiger partial charge in [0.25, 0.3) is 0 Å². The van der Waals surface area contributed by atoms with Crippen molar-refractivity contribution in [2.45, 2.75) is 77.4 Å². The van der Waals surface area contributed by atoms with Gasteiger partial charge in [-0.3, -0.25) is 9.80 Å². The van der Waals surface area contributed by atoms with Gasteiger partial charge in [-0.05, 0) is 51.7 Å². The summed E-state index contributed by atoms with van der Waals surface area (Å²) in [7, 11) is 0. The number of hydrogen-bond acceptors (Lipinski definition) is 4. The summed E-state index contributed by atoms with van der Waals surface area (Å²) in [5, 5.41) is 9.97. The van der Waals surface area contributed by atoms with Gasteiger partial charge in [0.15, 0.2) is 0 Å². The van der Waals surface area contributed by atoms with Gasteiger partial charge in [0.2, 0.25) is 0 Å². The standard InChI is InChI=1S/C20H33N3O2/c1-14-7-17(16(3)23(14)13-20-5-4-6-25-20)10-21-11-18-8-19(24)12-22(18)9-15(21)2/h7,15,18-20,24H,4-6,8-13H2,1-3H3/t15-,18+,19-,20-/m1/s1. The Bertz CT molecular complexity index is 608. The van der Waals surface area contributed by atoms with Crippen molar-refractivity contribution in [1.82, 2.24) is 14.4 Å². The van der Waals surface area contributed by atoms with Crippen LogP contribution in [0, 0.1) is 13.8 Å². The van der Waals surface area contributed by atoms with Gasteiger partial charge in [0.1, 0.15) is 0 Å². The van der Waals surface area contributed by atoms with Crippen molar-refractivity contribution in [2.75, 3.05) is 26.2 Å². The van der Waals surface area contributed by atoms with Crippen LogP contribution in [0.2, 0.25) is 0 Å². The van der Waals surface area contributed by atoms with E-state index >= 15 is 0 Å². The Morgan fingerprint density at radius 3 is 2.84 bits per heavy atom. The summed E-state index contributed by atoms with van der Waals surface area (Å²) in [5.41, 5.74) is 4.20. The number of aliphatic hydroxyl groups is 1. The van der Waals surface area contributed by atoms with Gasteiger partial charge in [-0.1, -0.05) is 0 Å². The second-order valence-corrected chi connectivity index (χ2v) is 8.42. The van der Waals surface area contributed by atoms with Crippen LogP contribution in [-0.2, 0) is 17.8 Å². The number of nitrogens with zero attached hydrogens (tertiary/aromatic N) is 3. The van der Waals surface area contributed by atoms with Gasteiger partial charge < -0.3 is 14.4 Å². The molecular formula is C20H33N3O2. The fraction of sp³-hybridized carbons (Fsp3) is 0.800. The van der Waals surface area contributed by atoms with Crippen LogP contribution in [0.3, 0.4) is 0 Å². The molecule has 4 heterocycles. The molecule has 5 heteroatoms. The van der Waals surface area contributed by atoms with Gasteiger partial charge in [-0.25, -0.2) is 0 Å². The molecule has 0 aliphatic carbocycles. The molecule has 4 rings (SSSR count). The predicted octanol–water partition coefficient (Wildman–Crippen LogP) is 1.92. The average Bonchev–Trinajstić information content (AvgIpc) is 3.25. The number of hydrogen-bond donors (Lipinski definition) is 1. The first-order valence-electron chi connectivity index (χ1n) is 9.94. The van der Waals surface area contributed by atoms with E-state index in [-0.39, 0.29) is 6.10 Å². The summed E-state index contributed by atoms with van der Waals surface area (Å²) in [6, 6.07) is 3.44. The second-order valence-electron chi connectivity index (χ2n) is 8.42. The largest absolute Gasteiger partial charge is 0.392 e. The fourth-order valence-corrected chi connectivity index (χ4v) is 5.02. The first kappa shape index (κ1) is 17.5. The van der Waals surface area contributed by atoms with Crippen molar-refractivity contribution in [2.24, 2.45) is 0 Å². The minimum atomic E-state index is -0.131. The number of aromatic nitrogens is 1. The average molecular weight is 348 g/mol. The number of aliphatic hydroxyl groups excluding tert-OH is 1. The van der Waals surface area contributed by atoms with Crippen LogP contribution in [-0.4, -0.2) is 70.0 Å². The topological polar surface area (TPSA) is 40.9 Å². The zero-order chi connectivity index (χ0) is 17.6. The maximum Gasteiger partial charge on any atom is 0.0754 e. The quantitative estimate of drug-likeness (QED) is 0.904. The first-order valence-corrected chi connectivity index (χ1v) is 9.94. The van der Waals surface area contributed by atoms with E-state index in [0.29, 0.717) is 18.2 Å². The van der Waals surface area contributed by atoms with Gasteiger partial charge in [-0.2, -0.15) is 0 Å². The molecule has 0 radical (unpaired) electrons. The van der Waals surface area contributed by atoms with E-state index < -0.39 is 0 Å². The molecule has 1 aromatic heterocycles. The van der Waals surface area contributed by atoms with Crippen molar-refractivity contribution in [1.29, 1.82) is 0 Å². The fourth-order valence-electron chi connectivity index (χ4n) is 5.02. The monoisotopic (exact) mass is 347 g/mol. The Kier molecular flexibility index (Phi) is 4.93. The summed E-state index contributed by atoms with van der Waals surface area (Å²) >= 11 is 0. The van der Waals surface area contributed by atoms with Gasteiger partial charge in [0, 0.05) is 62.8 Å². The maximum atomic E-state index is 9.97. The van der Waals surface area contributed by atoms with Crippen molar-refractivity contribution >= 4 is 0 Å². The van der Waals surface area contributed by atoms with E-state index in [2.05, 4.69) is 41.2 Å². The van der Waals surface area contributed by atoms with E-state index in [9.17, 15) is 5.11 Å². The van der Waals surface area contributed by atoms with Crippen LogP contribution < -0.4 is 0 Å². The number of aryl methyl sites for hydroxylation is 1. The third-order valence-corrected chi connectivity index (χ3v) is 6.54. The molecule has 4 atom stereocenters. The van der Waals surface area contributed by atoms with Crippen LogP contribution in [0.1, 0.15) is 43.1 Å². The molecule has 140 valence electrons. The zero-order valence-electron chi connectivity index (χ0n) is 15.9. The molecule has 3 aliphatic heterocycles. The van der Waals surface area contributed by atoms with E-state index in [4.69, 9.17) is 4.74 Å². The Morgan fingerprint density at radius 1 is 1.24 bits per heavy atom. The van der Waals surface area contributed by atoms with E-state index in [1.807, 2.05) is 0 Å². The Morgan fingerprint density at radius 2 is 2.08 bits per heavy atom. The smallest absolute Gasteiger partial charge is 0.0754 e. The Labute approximate surface area is 151 Å². The van der Waals surface area contributed by atoms with Gasteiger partial charge in [0.05, 0.1) is 12.2 Å². The normalized spacial score (nSPS) is 33.9. The molecular weight excluding hydrogens is 314 g/mol. The number of rotatable bonds is 4. The first-order chi connectivity index (χ1) is 12.0. The molecule has 1 aromatic rings. The summed E-state index contributed by atoms with van der Waals surface area (Å²) in [6.07, 6.45) is 3.58. The molecule has 3 saturated heterocycles. The minimum Gasteiger partial charge on any atom is -0.392 e. The second kappa shape index (κ2) is 7.03. The van der Waals surface area contributed by atoms with E-state index in [1.54, 1.807) is 0 Å². The third-order valence-electron chi connectivity index (χ3n) is 6.54. The Balaban J connectivity index is 1.45. The van der Waals surface area contributed by atoms with Crippen LogP contribution in [0.5, 0.6) is 0 Å². The Hall–Kier alpha value is -0.880.